The van der Waals surface area contributed by atoms with E-state index in [0.29, 0.717) is 5.95 Å². The molecule has 6 heteroatoms. The minimum Gasteiger partial charge on any atom is -0.455 e. The number of aromatic nitrogens is 3. The molecule has 7 aromatic carbocycles. The van der Waals surface area contributed by atoms with Crippen molar-refractivity contribution < 1.29 is 13.3 Å². The smallest absolute Gasteiger partial charge is 0.235 e. The monoisotopic (exact) mass is 667 g/mol. The van der Waals surface area contributed by atoms with E-state index in [-0.39, 0.29) is 0 Å². The van der Waals surface area contributed by atoms with E-state index in [1.165, 1.54) is 0 Å². The number of benzene rings is 7. The Morgan fingerprint density at radius 3 is 1.40 bits per heavy atom. The van der Waals surface area contributed by atoms with Gasteiger partial charge in [0.25, 0.3) is 0 Å². The maximum atomic E-state index is 6.58. The van der Waals surface area contributed by atoms with Crippen LogP contribution in [-0.2, 0) is 0 Å². The van der Waals surface area contributed by atoms with E-state index in [0.717, 1.165) is 110 Å². The summed E-state index contributed by atoms with van der Waals surface area (Å²) >= 11 is 0. The molecule has 0 saturated carbocycles. The van der Waals surface area contributed by atoms with Gasteiger partial charge in [-0.25, -0.2) is 9.97 Å². The fourth-order valence-corrected chi connectivity index (χ4v) is 8.16. The van der Waals surface area contributed by atoms with Crippen molar-refractivity contribution in [3.8, 4) is 28.5 Å². The second-order valence-electron chi connectivity index (χ2n) is 13.3. The molecule has 0 atom stereocenters. The number of hydrogen-bond acceptors (Lipinski definition) is 5. The molecule has 0 aliphatic rings. The molecule has 0 amide bonds. The van der Waals surface area contributed by atoms with Crippen molar-refractivity contribution in [2.75, 3.05) is 0 Å². The zero-order valence-electron chi connectivity index (χ0n) is 27.5. The molecule has 0 bridgehead atoms. The third kappa shape index (κ3) is 3.72. The van der Waals surface area contributed by atoms with E-state index in [1.54, 1.807) is 0 Å². The summed E-state index contributed by atoms with van der Waals surface area (Å²) in [4.78, 5) is 10.7. The summed E-state index contributed by atoms with van der Waals surface area (Å²) in [6.45, 7) is 0. The molecular weight excluding hydrogens is 643 g/mol. The molecule has 5 aromatic heterocycles. The molecule has 12 rings (SSSR count). The van der Waals surface area contributed by atoms with Crippen LogP contribution in [0.1, 0.15) is 0 Å². The fourth-order valence-electron chi connectivity index (χ4n) is 8.16. The molecule has 12 aromatic rings. The number of hydrogen-bond donors (Lipinski definition) is 0. The Morgan fingerprint density at radius 1 is 0.365 bits per heavy atom. The first-order valence-electron chi connectivity index (χ1n) is 17.3. The van der Waals surface area contributed by atoms with Crippen LogP contribution in [-0.4, -0.2) is 14.5 Å². The lowest BCUT2D eigenvalue weighted by molar-refractivity contribution is 0.669. The Morgan fingerprint density at radius 2 is 0.827 bits per heavy atom. The Balaban J connectivity index is 1.20. The van der Waals surface area contributed by atoms with Gasteiger partial charge < -0.3 is 13.3 Å². The molecule has 242 valence electrons. The van der Waals surface area contributed by atoms with Crippen LogP contribution in [0.5, 0.6) is 0 Å². The highest BCUT2D eigenvalue weighted by Gasteiger charge is 2.23. The molecular formula is C46H25N3O3. The zero-order chi connectivity index (χ0) is 33.9. The molecule has 5 heterocycles. The molecule has 0 radical (unpaired) electrons. The summed E-state index contributed by atoms with van der Waals surface area (Å²) in [7, 11) is 0. The first-order valence-corrected chi connectivity index (χ1v) is 17.3. The molecule has 0 unspecified atom stereocenters. The standard InChI is InChI=1S/C46H25N3O3/c1-5-19-37-34(14-1)42-38(24-23-31-28-13-4-8-22-41(28)52-45(31)42)49(37)46-47-35(32-17-9-15-29-26-11-2-6-20-39(26)50-43(29)32)25-36(48-46)33-18-10-16-30-27-12-3-7-21-40(27)51-44(30)33/h1-25H. The maximum absolute atomic E-state index is 6.58. The summed E-state index contributed by atoms with van der Waals surface area (Å²) < 4.78 is 21.8. The molecule has 0 spiro atoms. The fraction of sp³-hybridized carbons (Fsp3) is 0. The SMILES string of the molecule is c1ccc2c(c1)oc1c(-c3cc(-c4cccc5c4oc4ccccc45)nc(-n4c5ccccc5c5c6oc7ccccc7c6ccc54)n3)cccc12. The van der Waals surface area contributed by atoms with Gasteiger partial charge in [-0.1, -0.05) is 97.1 Å². The molecule has 0 saturated heterocycles. The van der Waals surface area contributed by atoms with Crippen LogP contribution >= 0.6 is 0 Å². The lowest BCUT2D eigenvalue weighted by Gasteiger charge is -2.12. The van der Waals surface area contributed by atoms with Gasteiger partial charge in [0.1, 0.15) is 33.5 Å². The normalized spacial score (nSPS) is 12.2. The highest BCUT2D eigenvalue weighted by molar-refractivity contribution is 6.24. The maximum Gasteiger partial charge on any atom is 0.235 e. The van der Waals surface area contributed by atoms with Crippen molar-refractivity contribution in [3.63, 3.8) is 0 Å². The molecule has 6 nitrogen and oxygen atoms in total. The highest BCUT2D eigenvalue weighted by atomic mass is 16.3. The van der Waals surface area contributed by atoms with E-state index in [2.05, 4.69) is 108 Å². The van der Waals surface area contributed by atoms with E-state index < -0.39 is 0 Å². The number of para-hydroxylation sites is 6. The summed E-state index contributed by atoms with van der Waals surface area (Å²) in [5.41, 5.74) is 10.2. The highest BCUT2D eigenvalue weighted by Crippen LogP contribution is 2.42. The van der Waals surface area contributed by atoms with E-state index >= 15 is 0 Å². The van der Waals surface area contributed by atoms with Gasteiger partial charge in [-0.3, -0.25) is 4.57 Å². The second kappa shape index (κ2) is 10.2. The number of furan rings is 3. The van der Waals surface area contributed by atoms with Crippen LogP contribution in [0.4, 0.5) is 0 Å². The van der Waals surface area contributed by atoms with Gasteiger partial charge in [-0.15, -0.1) is 0 Å². The van der Waals surface area contributed by atoms with Gasteiger partial charge in [-0.05, 0) is 54.6 Å². The Labute approximate surface area is 294 Å². The zero-order valence-corrected chi connectivity index (χ0v) is 27.5. The topological polar surface area (TPSA) is 70.1 Å². The molecule has 0 N–H and O–H groups in total. The van der Waals surface area contributed by atoms with Crippen molar-refractivity contribution in [1.82, 2.24) is 14.5 Å². The molecule has 52 heavy (non-hydrogen) atoms. The average molecular weight is 668 g/mol. The summed E-state index contributed by atoms with van der Waals surface area (Å²) in [5, 5.41) is 8.48. The lowest BCUT2D eigenvalue weighted by atomic mass is 10.0. The van der Waals surface area contributed by atoms with Crippen molar-refractivity contribution in [1.29, 1.82) is 0 Å². The van der Waals surface area contributed by atoms with E-state index in [1.807, 2.05) is 48.5 Å². The largest absolute Gasteiger partial charge is 0.455 e. The second-order valence-corrected chi connectivity index (χ2v) is 13.3. The van der Waals surface area contributed by atoms with Gasteiger partial charge in [0.2, 0.25) is 5.95 Å². The number of fused-ring (bicyclic) bond motifs is 13. The first kappa shape index (κ1) is 27.6. The van der Waals surface area contributed by atoms with E-state index in [4.69, 9.17) is 23.2 Å². The summed E-state index contributed by atoms with van der Waals surface area (Å²) in [6.07, 6.45) is 0. The predicted molar refractivity (Wildman–Crippen MR) is 209 cm³/mol. The van der Waals surface area contributed by atoms with Crippen LogP contribution in [0.25, 0.3) is 116 Å². The third-order valence-corrected chi connectivity index (χ3v) is 10.5. The first-order chi connectivity index (χ1) is 25.8. The van der Waals surface area contributed by atoms with Crippen molar-refractivity contribution >= 4 is 87.6 Å². The minimum atomic E-state index is 0.537. The van der Waals surface area contributed by atoms with Crippen LogP contribution < -0.4 is 0 Å². The lowest BCUT2D eigenvalue weighted by Crippen LogP contribution is -2.04. The van der Waals surface area contributed by atoms with Gasteiger partial charge in [0, 0.05) is 48.8 Å². The quantitative estimate of drug-likeness (QED) is 0.188. The number of rotatable bonds is 3. The van der Waals surface area contributed by atoms with Crippen LogP contribution in [0.3, 0.4) is 0 Å². The van der Waals surface area contributed by atoms with Crippen molar-refractivity contribution in [3.05, 3.63) is 152 Å². The average Bonchev–Trinajstić information content (AvgIpc) is 3.96. The van der Waals surface area contributed by atoms with Gasteiger partial charge in [-0.2, -0.15) is 0 Å². The number of nitrogens with zero attached hydrogens (tertiary/aromatic N) is 3. The van der Waals surface area contributed by atoms with Gasteiger partial charge in [0.05, 0.1) is 27.8 Å². The molecule has 0 fully saturated rings. The Hall–Kier alpha value is -7.18. The Kier molecular flexibility index (Phi) is 5.41. The van der Waals surface area contributed by atoms with Crippen LogP contribution in [0.15, 0.2) is 165 Å². The summed E-state index contributed by atoms with van der Waals surface area (Å²) in [6, 6.07) is 51.8. The van der Waals surface area contributed by atoms with Gasteiger partial charge >= 0.3 is 0 Å². The summed E-state index contributed by atoms with van der Waals surface area (Å²) in [5.74, 6) is 0.537. The Bertz CT molecular complexity index is 3300. The van der Waals surface area contributed by atoms with Crippen molar-refractivity contribution in [2.45, 2.75) is 0 Å². The predicted octanol–water partition coefficient (Wildman–Crippen LogP) is 12.6. The molecule has 0 aliphatic heterocycles. The minimum absolute atomic E-state index is 0.537. The third-order valence-electron chi connectivity index (χ3n) is 10.5. The van der Waals surface area contributed by atoms with Crippen LogP contribution in [0.2, 0.25) is 0 Å². The van der Waals surface area contributed by atoms with E-state index in [9.17, 15) is 0 Å². The molecule has 0 aliphatic carbocycles. The van der Waals surface area contributed by atoms with Crippen LogP contribution in [0, 0.1) is 0 Å². The van der Waals surface area contributed by atoms with Gasteiger partial charge in [0.15, 0.2) is 0 Å². The van der Waals surface area contributed by atoms with Crippen molar-refractivity contribution in [2.24, 2.45) is 0 Å².